The summed E-state index contributed by atoms with van der Waals surface area (Å²) in [6, 6.07) is 23.2. The molecule has 0 aromatic heterocycles. The molecular weight excluding hydrogens is 360 g/mol. The van der Waals surface area contributed by atoms with E-state index in [1.807, 2.05) is 30.3 Å². The first kappa shape index (κ1) is 18.7. The highest BCUT2D eigenvalue weighted by atomic mass is 32.2. The van der Waals surface area contributed by atoms with Gasteiger partial charge in [0.15, 0.2) is 0 Å². The Hall–Kier alpha value is -3.12. The van der Waals surface area contributed by atoms with E-state index < -0.39 is 10.0 Å². The van der Waals surface area contributed by atoms with Gasteiger partial charge < -0.3 is 4.90 Å². The predicted molar refractivity (Wildman–Crippen MR) is 108 cm³/mol. The van der Waals surface area contributed by atoms with Crippen LogP contribution in [0.15, 0.2) is 83.8 Å². The van der Waals surface area contributed by atoms with Gasteiger partial charge in [-0.25, -0.2) is 8.42 Å². The standard InChI is InChI=1S/C21H20N2O3S/c1-16(24)23(2)20-12-10-19(11-13-20)22-27(25,26)21-14-8-18(9-15-21)17-6-4-3-5-7-17/h3-15,22H,1-2H3. The molecule has 1 amide bonds. The number of nitrogens with zero attached hydrogens (tertiary/aromatic N) is 1. The van der Waals surface area contributed by atoms with Crippen LogP contribution in [0.4, 0.5) is 11.4 Å². The van der Waals surface area contributed by atoms with Crippen LogP contribution in [0.3, 0.4) is 0 Å². The zero-order chi connectivity index (χ0) is 19.4. The minimum atomic E-state index is -3.69. The quantitative estimate of drug-likeness (QED) is 0.723. The largest absolute Gasteiger partial charge is 0.316 e. The lowest BCUT2D eigenvalue weighted by atomic mass is 10.1. The fraction of sp³-hybridized carbons (Fsp3) is 0.0952. The number of hydrogen-bond acceptors (Lipinski definition) is 3. The Morgan fingerprint density at radius 2 is 1.37 bits per heavy atom. The highest BCUT2D eigenvalue weighted by molar-refractivity contribution is 7.92. The molecular formula is C21H20N2O3S. The van der Waals surface area contributed by atoms with Crippen molar-refractivity contribution in [3.05, 3.63) is 78.9 Å². The van der Waals surface area contributed by atoms with Crippen molar-refractivity contribution in [2.45, 2.75) is 11.8 Å². The van der Waals surface area contributed by atoms with Gasteiger partial charge in [0.1, 0.15) is 0 Å². The van der Waals surface area contributed by atoms with E-state index in [-0.39, 0.29) is 10.8 Å². The molecule has 0 saturated heterocycles. The van der Waals surface area contributed by atoms with Gasteiger partial charge in [0, 0.05) is 25.3 Å². The molecule has 0 aliphatic carbocycles. The molecule has 3 aromatic rings. The second-order valence-electron chi connectivity index (χ2n) is 6.12. The van der Waals surface area contributed by atoms with Crippen molar-refractivity contribution in [3.63, 3.8) is 0 Å². The lowest BCUT2D eigenvalue weighted by molar-refractivity contribution is -0.116. The van der Waals surface area contributed by atoms with E-state index in [2.05, 4.69) is 4.72 Å². The molecule has 0 fully saturated rings. The van der Waals surface area contributed by atoms with Gasteiger partial charge >= 0.3 is 0 Å². The SMILES string of the molecule is CC(=O)N(C)c1ccc(NS(=O)(=O)c2ccc(-c3ccccc3)cc2)cc1. The van der Waals surface area contributed by atoms with Crippen molar-refractivity contribution in [3.8, 4) is 11.1 Å². The number of sulfonamides is 1. The van der Waals surface area contributed by atoms with Crippen LogP contribution in [0.25, 0.3) is 11.1 Å². The maximum Gasteiger partial charge on any atom is 0.261 e. The molecule has 6 heteroatoms. The van der Waals surface area contributed by atoms with Crippen molar-refractivity contribution >= 4 is 27.3 Å². The van der Waals surface area contributed by atoms with Gasteiger partial charge in [-0.1, -0.05) is 42.5 Å². The zero-order valence-electron chi connectivity index (χ0n) is 15.1. The molecule has 0 heterocycles. The van der Waals surface area contributed by atoms with E-state index in [4.69, 9.17) is 0 Å². The fourth-order valence-electron chi connectivity index (χ4n) is 2.61. The number of carbonyl (C=O) groups excluding carboxylic acids is 1. The lowest BCUT2D eigenvalue weighted by Crippen LogP contribution is -2.22. The molecule has 0 aliphatic rings. The first-order valence-corrected chi connectivity index (χ1v) is 9.88. The Morgan fingerprint density at radius 3 is 1.93 bits per heavy atom. The maximum atomic E-state index is 12.6. The molecule has 138 valence electrons. The lowest BCUT2D eigenvalue weighted by Gasteiger charge is -2.15. The number of rotatable bonds is 5. The first-order valence-electron chi connectivity index (χ1n) is 8.39. The Kier molecular flexibility index (Phi) is 5.28. The van der Waals surface area contributed by atoms with E-state index in [0.717, 1.165) is 11.1 Å². The maximum absolute atomic E-state index is 12.6. The second-order valence-corrected chi connectivity index (χ2v) is 7.80. The van der Waals surface area contributed by atoms with Crippen LogP contribution in [-0.2, 0) is 14.8 Å². The van der Waals surface area contributed by atoms with Crippen LogP contribution in [0.1, 0.15) is 6.92 Å². The summed E-state index contributed by atoms with van der Waals surface area (Å²) in [4.78, 5) is 13.1. The molecule has 0 aliphatic heterocycles. The number of benzene rings is 3. The highest BCUT2D eigenvalue weighted by Crippen LogP contribution is 2.23. The van der Waals surface area contributed by atoms with E-state index >= 15 is 0 Å². The third-order valence-corrected chi connectivity index (χ3v) is 5.65. The summed E-state index contributed by atoms with van der Waals surface area (Å²) < 4.78 is 27.8. The summed E-state index contributed by atoms with van der Waals surface area (Å²) >= 11 is 0. The van der Waals surface area contributed by atoms with E-state index in [1.165, 1.54) is 11.8 Å². The number of nitrogens with one attached hydrogen (secondary N) is 1. The number of anilines is 2. The van der Waals surface area contributed by atoms with E-state index in [9.17, 15) is 13.2 Å². The molecule has 3 rings (SSSR count). The smallest absolute Gasteiger partial charge is 0.261 e. The first-order chi connectivity index (χ1) is 12.9. The third-order valence-electron chi connectivity index (χ3n) is 4.25. The van der Waals surface area contributed by atoms with Gasteiger partial charge in [0.2, 0.25) is 5.91 Å². The molecule has 0 atom stereocenters. The molecule has 0 unspecified atom stereocenters. The summed E-state index contributed by atoms with van der Waals surface area (Å²) in [7, 11) is -2.03. The summed E-state index contributed by atoms with van der Waals surface area (Å²) in [6.07, 6.45) is 0. The molecule has 0 saturated carbocycles. The molecule has 27 heavy (non-hydrogen) atoms. The number of amides is 1. The Bertz CT molecular complexity index is 1030. The topological polar surface area (TPSA) is 66.5 Å². The van der Waals surface area contributed by atoms with Gasteiger partial charge in [-0.2, -0.15) is 0 Å². The average Bonchev–Trinajstić information content (AvgIpc) is 2.68. The average molecular weight is 380 g/mol. The van der Waals surface area contributed by atoms with Crippen LogP contribution >= 0.6 is 0 Å². The highest BCUT2D eigenvalue weighted by Gasteiger charge is 2.14. The van der Waals surface area contributed by atoms with Gasteiger partial charge in [-0.15, -0.1) is 0 Å². The van der Waals surface area contributed by atoms with Gasteiger partial charge in [0.05, 0.1) is 4.90 Å². The predicted octanol–water partition coefficient (Wildman–Crippen LogP) is 4.14. The van der Waals surface area contributed by atoms with Gasteiger partial charge in [-0.3, -0.25) is 9.52 Å². The molecule has 5 nitrogen and oxygen atoms in total. The molecule has 1 N–H and O–H groups in total. The van der Waals surface area contributed by atoms with Crippen molar-refractivity contribution < 1.29 is 13.2 Å². The van der Waals surface area contributed by atoms with Crippen molar-refractivity contribution in [1.82, 2.24) is 0 Å². The van der Waals surface area contributed by atoms with Crippen molar-refractivity contribution in [2.24, 2.45) is 0 Å². The van der Waals surface area contributed by atoms with Crippen molar-refractivity contribution in [2.75, 3.05) is 16.7 Å². The Morgan fingerprint density at radius 1 is 0.815 bits per heavy atom. The van der Waals surface area contributed by atoms with Crippen LogP contribution in [0, 0.1) is 0 Å². The van der Waals surface area contributed by atoms with E-state index in [0.29, 0.717) is 11.4 Å². The minimum absolute atomic E-state index is 0.0955. The fourth-order valence-corrected chi connectivity index (χ4v) is 3.66. The van der Waals surface area contributed by atoms with Crippen molar-refractivity contribution in [1.29, 1.82) is 0 Å². The number of hydrogen-bond donors (Lipinski definition) is 1. The van der Waals surface area contributed by atoms with Gasteiger partial charge in [0.25, 0.3) is 10.0 Å². The zero-order valence-corrected chi connectivity index (χ0v) is 15.9. The minimum Gasteiger partial charge on any atom is -0.316 e. The molecule has 0 radical (unpaired) electrons. The Labute approximate surface area is 159 Å². The summed E-state index contributed by atoms with van der Waals surface area (Å²) in [5.74, 6) is -0.0955. The molecule has 0 spiro atoms. The molecule has 3 aromatic carbocycles. The monoisotopic (exact) mass is 380 g/mol. The Balaban J connectivity index is 1.77. The van der Waals surface area contributed by atoms with Crippen LogP contribution in [0.2, 0.25) is 0 Å². The van der Waals surface area contributed by atoms with Crippen LogP contribution < -0.4 is 9.62 Å². The molecule has 0 bridgehead atoms. The number of carbonyl (C=O) groups is 1. The summed E-state index contributed by atoms with van der Waals surface area (Å²) in [6.45, 7) is 1.47. The normalized spacial score (nSPS) is 11.0. The third kappa shape index (κ3) is 4.35. The van der Waals surface area contributed by atoms with E-state index in [1.54, 1.807) is 55.6 Å². The second kappa shape index (κ2) is 7.63. The van der Waals surface area contributed by atoms with Crippen LogP contribution in [0.5, 0.6) is 0 Å². The summed E-state index contributed by atoms with van der Waals surface area (Å²) in [5.41, 5.74) is 3.10. The van der Waals surface area contributed by atoms with Gasteiger partial charge in [-0.05, 0) is 47.5 Å². The summed E-state index contributed by atoms with van der Waals surface area (Å²) in [5, 5.41) is 0. The van der Waals surface area contributed by atoms with Crippen LogP contribution in [-0.4, -0.2) is 21.4 Å².